The van der Waals surface area contributed by atoms with Crippen LogP contribution in [0.1, 0.15) is 50.4 Å². The maximum Gasteiger partial charge on any atom is 0.417 e. The molecule has 1 aliphatic carbocycles. The second-order valence-corrected chi connectivity index (χ2v) is 11.4. The number of aryl methyl sites for hydroxylation is 1. The Morgan fingerprint density at radius 1 is 1.15 bits per heavy atom. The number of pyridine rings is 1. The number of nitrogens with zero attached hydrogens (tertiary/aromatic N) is 2. The van der Waals surface area contributed by atoms with Gasteiger partial charge in [0.25, 0.3) is 0 Å². The van der Waals surface area contributed by atoms with Crippen LogP contribution in [0.15, 0.2) is 30.6 Å². The molecule has 4 rings (SSSR count). The summed E-state index contributed by atoms with van der Waals surface area (Å²) in [5.74, 6) is -0.753. The quantitative estimate of drug-likeness (QED) is 0.431. The van der Waals surface area contributed by atoms with Gasteiger partial charge < -0.3 is 4.57 Å². The van der Waals surface area contributed by atoms with Crippen LogP contribution in [0.25, 0.3) is 22.0 Å². The molecule has 1 atom stereocenters. The van der Waals surface area contributed by atoms with Crippen molar-refractivity contribution in [1.29, 1.82) is 0 Å². The minimum absolute atomic E-state index is 0.120. The molecule has 178 valence electrons. The smallest absolute Gasteiger partial charge is 0.347 e. The van der Waals surface area contributed by atoms with E-state index in [0.29, 0.717) is 17.4 Å². The van der Waals surface area contributed by atoms with E-state index in [1.165, 1.54) is 19.1 Å². The normalized spacial score (nSPS) is 15.9. The third-order valence-corrected chi connectivity index (χ3v) is 7.07. The minimum atomic E-state index is -4.64. The first-order valence-corrected chi connectivity index (χ1v) is 12.0. The van der Waals surface area contributed by atoms with Crippen molar-refractivity contribution in [3.05, 3.63) is 53.2 Å². The topological polar surface area (TPSA) is 46.9 Å². The molecular weight excluding hydrogens is 454 g/mol. The van der Waals surface area contributed by atoms with Gasteiger partial charge in [-0.1, -0.05) is 20.8 Å². The first kappa shape index (κ1) is 23.9. The van der Waals surface area contributed by atoms with Crippen molar-refractivity contribution in [2.75, 3.05) is 0 Å². The lowest BCUT2D eigenvalue weighted by atomic mass is 9.96. The predicted octanol–water partition coefficient (Wildman–Crippen LogP) is 6.13. The number of fused-ring (bicyclic) bond motifs is 1. The third-order valence-electron chi connectivity index (χ3n) is 5.57. The molecule has 2 aromatic heterocycles. The van der Waals surface area contributed by atoms with E-state index in [1.54, 1.807) is 0 Å². The second-order valence-electron chi connectivity index (χ2n) is 9.88. The summed E-state index contributed by atoms with van der Waals surface area (Å²) in [6, 6.07) is 3.69. The summed E-state index contributed by atoms with van der Waals surface area (Å²) in [4.78, 5) is 3.99. The number of nitrogens with one attached hydrogen (secondary N) is 1. The van der Waals surface area contributed by atoms with Crippen LogP contribution >= 0.6 is 0 Å². The highest BCUT2D eigenvalue weighted by molar-refractivity contribution is 7.83. The predicted molar refractivity (Wildman–Crippen MR) is 122 cm³/mol. The van der Waals surface area contributed by atoms with Gasteiger partial charge in [-0.25, -0.2) is 13.3 Å². The van der Waals surface area contributed by atoms with Crippen LogP contribution in [-0.4, -0.2) is 19.0 Å². The van der Waals surface area contributed by atoms with Gasteiger partial charge in [-0.05, 0) is 48.9 Å². The monoisotopic (exact) mass is 481 g/mol. The van der Waals surface area contributed by atoms with Crippen molar-refractivity contribution in [1.82, 2.24) is 14.3 Å². The number of aromatic nitrogens is 2. The zero-order valence-electron chi connectivity index (χ0n) is 19.0. The molecule has 1 unspecified atom stereocenters. The Hall–Kier alpha value is -2.26. The lowest BCUT2D eigenvalue weighted by molar-refractivity contribution is -0.137. The van der Waals surface area contributed by atoms with Gasteiger partial charge in [-0.15, -0.1) is 0 Å². The Bertz CT molecular complexity index is 1220. The molecule has 1 fully saturated rings. The van der Waals surface area contributed by atoms with Gasteiger partial charge in [-0.2, -0.15) is 13.2 Å². The molecule has 0 bridgehead atoms. The summed E-state index contributed by atoms with van der Waals surface area (Å²) in [5, 5.41) is 0.750. The van der Waals surface area contributed by atoms with E-state index < -0.39 is 28.5 Å². The number of hydrogen-bond acceptors (Lipinski definition) is 2. The standard InChI is InChI=1S/C24H27F4N3OS/c1-14-7-20(24(26,27)28)19(11-29-14)18-9-22-17(8-21(18)25)15(10-30-33(32)16-5-6-16)12-31(22)13-23(2,3)4/h7-9,11-12,16,30H,5-6,10,13H2,1-4H3. The summed E-state index contributed by atoms with van der Waals surface area (Å²) >= 11 is 0. The van der Waals surface area contributed by atoms with Gasteiger partial charge in [-0.3, -0.25) is 4.98 Å². The molecule has 0 aliphatic heterocycles. The molecule has 2 heterocycles. The molecule has 9 heteroatoms. The van der Waals surface area contributed by atoms with Gasteiger partial charge in [0, 0.05) is 58.5 Å². The number of hydrogen-bond donors (Lipinski definition) is 1. The van der Waals surface area contributed by atoms with Crippen LogP contribution in [0.2, 0.25) is 0 Å². The van der Waals surface area contributed by atoms with Crippen LogP contribution in [0.4, 0.5) is 17.6 Å². The van der Waals surface area contributed by atoms with E-state index in [0.717, 1.165) is 30.7 Å². The van der Waals surface area contributed by atoms with Gasteiger partial charge in [0.2, 0.25) is 0 Å². The molecule has 1 saturated carbocycles. The van der Waals surface area contributed by atoms with Gasteiger partial charge in [0.05, 0.1) is 16.5 Å². The summed E-state index contributed by atoms with van der Waals surface area (Å²) in [5.41, 5.74) is 0.132. The Labute approximate surface area is 193 Å². The number of halogens is 4. The molecule has 1 aliphatic rings. The first-order valence-electron chi connectivity index (χ1n) is 10.8. The molecule has 4 nitrogen and oxygen atoms in total. The third kappa shape index (κ3) is 5.30. The Morgan fingerprint density at radius 2 is 1.85 bits per heavy atom. The van der Waals surface area contributed by atoms with Crippen LogP contribution in [0.3, 0.4) is 0 Å². The Kier molecular flexibility index (Phi) is 6.16. The van der Waals surface area contributed by atoms with Crippen molar-refractivity contribution in [3.63, 3.8) is 0 Å². The lowest BCUT2D eigenvalue weighted by Gasteiger charge is -2.20. The SMILES string of the molecule is Cc1cc(C(F)(F)F)c(-c2cc3c(cc2F)c(CNS(=O)C2CC2)cn3CC(C)(C)C)cn1. The molecule has 0 amide bonds. The van der Waals surface area contributed by atoms with E-state index in [1.807, 2.05) is 10.8 Å². The van der Waals surface area contributed by atoms with E-state index in [-0.39, 0.29) is 34.0 Å². The van der Waals surface area contributed by atoms with Crippen molar-refractivity contribution in [2.45, 2.75) is 65.1 Å². The highest BCUT2D eigenvalue weighted by Crippen LogP contribution is 2.40. The average molecular weight is 482 g/mol. The van der Waals surface area contributed by atoms with Crippen LogP contribution in [-0.2, 0) is 30.3 Å². The largest absolute Gasteiger partial charge is 0.417 e. The fraction of sp³-hybridized carbons (Fsp3) is 0.458. The number of benzene rings is 1. The van der Waals surface area contributed by atoms with E-state index in [4.69, 9.17) is 0 Å². The number of alkyl halides is 3. The van der Waals surface area contributed by atoms with Crippen molar-refractivity contribution >= 4 is 21.9 Å². The van der Waals surface area contributed by atoms with E-state index in [2.05, 4.69) is 30.5 Å². The molecule has 0 saturated heterocycles. The second kappa shape index (κ2) is 8.51. The average Bonchev–Trinajstić information content (AvgIpc) is 3.49. The fourth-order valence-corrected chi connectivity index (χ4v) is 5.03. The fourth-order valence-electron chi connectivity index (χ4n) is 3.93. The van der Waals surface area contributed by atoms with Crippen molar-refractivity contribution in [3.8, 4) is 11.1 Å². The maximum atomic E-state index is 15.3. The van der Waals surface area contributed by atoms with E-state index >= 15 is 4.39 Å². The maximum absolute atomic E-state index is 15.3. The van der Waals surface area contributed by atoms with Crippen molar-refractivity contribution in [2.24, 2.45) is 5.41 Å². The molecule has 1 aromatic carbocycles. The molecule has 0 radical (unpaired) electrons. The summed E-state index contributed by atoms with van der Waals surface area (Å²) in [6.07, 6.45) is 0.166. The minimum Gasteiger partial charge on any atom is -0.347 e. The van der Waals surface area contributed by atoms with Crippen LogP contribution < -0.4 is 4.72 Å². The lowest BCUT2D eigenvalue weighted by Crippen LogP contribution is -2.19. The highest BCUT2D eigenvalue weighted by atomic mass is 32.2. The summed E-state index contributed by atoms with van der Waals surface area (Å²) in [7, 11) is -1.15. The van der Waals surface area contributed by atoms with Gasteiger partial charge in [0.1, 0.15) is 5.82 Å². The zero-order chi connectivity index (χ0) is 24.1. The van der Waals surface area contributed by atoms with Crippen molar-refractivity contribution < 1.29 is 21.8 Å². The molecule has 3 aromatic rings. The van der Waals surface area contributed by atoms with Gasteiger partial charge >= 0.3 is 6.18 Å². The molecule has 33 heavy (non-hydrogen) atoms. The first-order chi connectivity index (χ1) is 15.3. The van der Waals surface area contributed by atoms with Gasteiger partial charge in [0.15, 0.2) is 0 Å². The molecular formula is C24H27F4N3OS. The molecule has 1 N–H and O–H groups in total. The molecule has 0 spiro atoms. The highest BCUT2D eigenvalue weighted by Gasteiger charge is 2.35. The van der Waals surface area contributed by atoms with Crippen LogP contribution in [0.5, 0.6) is 0 Å². The number of rotatable bonds is 6. The Morgan fingerprint density at radius 3 is 2.45 bits per heavy atom. The summed E-state index contributed by atoms with van der Waals surface area (Å²) in [6.45, 7) is 8.49. The Balaban J connectivity index is 1.84. The summed E-state index contributed by atoms with van der Waals surface area (Å²) < 4.78 is 73.6. The van der Waals surface area contributed by atoms with Crippen LogP contribution in [0, 0.1) is 18.2 Å². The van der Waals surface area contributed by atoms with E-state index in [9.17, 15) is 17.4 Å². The zero-order valence-corrected chi connectivity index (χ0v) is 19.8.